The van der Waals surface area contributed by atoms with E-state index in [4.69, 9.17) is 11.6 Å². The van der Waals surface area contributed by atoms with Crippen molar-refractivity contribution in [3.05, 3.63) is 52.3 Å². The second kappa shape index (κ2) is 9.29. The molecule has 0 spiro atoms. The first-order valence-corrected chi connectivity index (χ1v) is 11.9. The maximum Gasteiger partial charge on any atom is 0.228 e. The van der Waals surface area contributed by atoms with Crippen molar-refractivity contribution in [1.29, 1.82) is 0 Å². The minimum atomic E-state index is -0.0818. The molecule has 0 bridgehead atoms. The van der Waals surface area contributed by atoms with Gasteiger partial charge in [0.25, 0.3) is 0 Å². The fourth-order valence-electron chi connectivity index (χ4n) is 5.07. The molecule has 1 amide bonds. The third kappa shape index (κ3) is 5.13. The molecule has 0 saturated heterocycles. The number of aryl methyl sites for hydroxylation is 1. The van der Waals surface area contributed by atoms with E-state index in [-0.39, 0.29) is 17.2 Å². The van der Waals surface area contributed by atoms with E-state index in [9.17, 15) is 4.79 Å². The van der Waals surface area contributed by atoms with Crippen LogP contribution in [-0.4, -0.2) is 32.2 Å². The van der Waals surface area contributed by atoms with Gasteiger partial charge in [-0.3, -0.25) is 14.2 Å². The minimum absolute atomic E-state index is 0.0257. The Kier molecular flexibility index (Phi) is 6.61. The lowest BCUT2D eigenvalue weighted by atomic mass is 9.79. The van der Waals surface area contributed by atoms with E-state index in [1.807, 2.05) is 47.9 Å². The number of aromatic nitrogens is 4. The Labute approximate surface area is 200 Å². The van der Waals surface area contributed by atoms with E-state index in [2.05, 4.69) is 41.1 Å². The third-order valence-corrected chi connectivity index (χ3v) is 6.94. The van der Waals surface area contributed by atoms with Gasteiger partial charge >= 0.3 is 0 Å². The summed E-state index contributed by atoms with van der Waals surface area (Å²) in [5.41, 5.74) is 4.18. The monoisotopic (exact) mass is 468 g/mol. The molecule has 2 unspecified atom stereocenters. The van der Waals surface area contributed by atoms with Crippen LogP contribution in [0.5, 0.6) is 0 Å². The molecule has 8 heteroatoms. The molecule has 1 fully saturated rings. The molecule has 3 heterocycles. The lowest BCUT2D eigenvalue weighted by Gasteiger charge is -2.27. The lowest BCUT2D eigenvalue weighted by Crippen LogP contribution is -2.32. The number of carbonyl (C=O) groups is 1. The molecule has 0 radical (unpaired) electrons. The van der Waals surface area contributed by atoms with Crippen molar-refractivity contribution in [2.45, 2.75) is 65.3 Å². The fraction of sp³-hybridized carbons (Fsp3) is 0.520. The zero-order valence-electron chi connectivity index (χ0n) is 19.9. The highest BCUT2D eigenvalue weighted by Gasteiger charge is 2.33. The summed E-state index contributed by atoms with van der Waals surface area (Å²) in [6.07, 6.45) is 10.3. The summed E-state index contributed by atoms with van der Waals surface area (Å²) < 4.78 is 3.86. The predicted molar refractivity (Wildman–Crippen MR) is 132 cm³/mol. The average Bonchev–Trinajstić information content (AvgIpc) is 3.44. The number of rotatable bonds is 6. The number of halogens is 1. The molecule has 1 N–H and O–H groups in total. The molecule has 2 aliphatic rings. The van der Waals surface area contributed by atoms with Crippen molar-refractivity contribution >= 4 is 29.8 Å². The van der Waals surface area contributed by atoms with Crippen molar-refractivity contribution < 1.29 is 4.79 Å². The summed E-state index contributed by atoms with van der Waals surface area (Å²) >= 11 is 6.50. The van der Waals surface area contributed by atoms with Crippen LogP contribution in [0.15, 0.2) is 40.4 Å². The van der Waals surface area contributed by atoms with Gasteiger partial charge in [0.05, 0.1) is 11.9 Å². The molecule has 7 nitrogen and oxygen atoms in total. The number of amides is 1. The van der Waals surface area contributed by atoms with E-state index in [1.165, 1.54) is 0 Å². The summed E-state index contributed by atoms with van der Waals surface area (Å²) in [4.78, 5) is 17.2. The van der Waals surface area contributed by atoms with Crippen LogP contribution in [0.1, 0.15) is 69.3 Å². The Morgan fingerprint density at radius 3 is 2.85 bits per heavy atom. The number of hydrogen-bond acceptors (Lipinski definition) is 4. The van der Waals surface area contributed by atoms with Crippen LogP contribution in [0.2, 0.25) is 0 Å². The topological polar surface area (TPSA) is 77.1 Å². The van der Waals surface area contributed by atoms with Crippen LogP contribution >= 0.6 is 11.6 Å². The van der Waals surface area contributed by atoms with Crippen molar-refractivity contribution in [3.63, 3.8) is 0 Å². The van der Waals surface area contributed by atoms with Gasteiger partial charge in [0.15, 0.2) is 0 Å². The number of fused-ring (bicyclic) bond motifs is 1. The van der Waals surface area contributed by atoms with Crippen molar-refractivity contribution in [2.75, 3.05) is 0 Å². The third-order valence-electron chi connectivity index (χ3n) is 6.73. The van der Waals surface area contributed by atoms with Crippen LogP contribution < -0.4 is 5.32 Å². The van der Waals surface area contributed by atoms with Gasteiger partial charge in [0.2, 0.25) is 5.91 Å². The molecule has 1 aliphatic carbocycles. The number of carbonyl (C=O) groups excluding carboxylic acids is 1. The van der Waals surface area contributed by atoms with E-state index in [0.717, 1.165) is 61.2 Å². The molecule has 33 heavy (non-hydrogen) atoms. The van der Waals surface area contributed by atoms with Crippen LogP contribution in [0.25, 0.3) is 5.57 Å². The highest BCUT2D eigenvalue weighted by molar-refractivity contribution is 6.32. The first-order valence-electron chi connectivity index (χ1n) is 11.6. The van der Waals surface area contributed by atoms with Crippen LogP contribution in [0.3, 0.4) is 0 Å². The molecular weight excluding hydrogens is 436 g/mol. The van der Waals surface area contributed by atoms with Gasteiger partial charge in [-0.25, -0.2) is 4.99 Å². The molecule has 2 atom stereocenters. The number of nitrogens with one attached hydrogen (secondary N) is 1. The standard InChI is InChI=1S/C25H33ClN6O/c1-16(26)19(20-14-28-32-15-25(2,3)13-22(20)32)12-23(27-4)29-24(33)18-8-6-7-17(11-18)21-9-10-31(5)30-21/h9-10,12,14,17-18H,4,6-8,11,13,15H2,1-3,5H3,(H,29,33)/b19-16-,23-12+. The number of hydrogen-bond donors (Lipinski definition) is 1. The zero-order valence-corrected chi connectivity index (χ0v) is 20.7. The molecule has 2 aromatic rings. The first-order chi connectivity index (χ1) is 15.7. The van der Waals surface area contributed by atoms with Crippen LogP contribution in [-0.2, 0) is 24.8 Å². The Balaban J connectivity index is 1.51. The van der Waals surface area contributed by atoms with Gasteiger partial charge in [-0.15, -0.1) is 0 Å². The Morgan fingerprint density at radius 2 is 2.18 bits per heavy atom. The second-order valence-electron chi connectivity index (χ2n) is 10.1. The van der Waals surface area contributed by atoms with Gasteiger partial charge in [-0.05, 0) is 56.9 Å². The van der Waals surface area contributed by atoms with Gasteiger partial charge in [0.1, 0.15) is 5.82 Å². The SMILES string of the molecule is C=N/C(=C\C(=C(/C)Cl)c1cnn2c1CC(C)(C)C2)NC(=O)C1CCCC(c2ccn(C)n2)C1. The molecule has 0 aromatic carbocycles. The van der Waals surface area contributed by atoms with Crippen molar-refractivity contribution in [2.24, 2.45) is 23.4 Å². The van der Waals surface area contributed by atoms with Crippen LogP contribution in [0, 0.1) is 11.3 Å². The molecule has 2 aromatic heterocycles. The zero-order chi connectivity index (χ0) is 23.8. The summed E-state index contributed by atoms with van der Waals surface area (Å²) in [5.74, 6) is 0.606. The first kappa shape index (κ1) is 23.5. The van der Waals surface area contributed by atoms with E-state index in [1.54, 1.807) is 0 Å². The molecular formula is C25H33ClN6O. The van der Waals surface area contributed by atoms with E-state index in [0.29, 0.717) is 16.8 Å². The smallest absolute Gasteiger partial charge is 0.228 e. The van der Waals surface area contributed by atoms with Gasteiger partial charge in [-0.1, -0.05) is 31.9 Å². The van der Waals surface area contributed by atoms with Crippen molar-refractivity contribution in [1.82, 2.24) is 24.9 Å². The maximum atomic E-state index is 13.1. The lowest BCUT2D eigenvalue weighted by molar-refractivity contribution is -0.125. The van der Waals surface area contributed by atoms with E-state index < -0.39 is 0 Å². The molecule has 4 rings (SSSR count). The second-order valence-corrected chi connectivity index (χ2v) is 10.7. The fourth-order valence-corrected chi connectivity index (χ4v) is 5.23. The maximum absolute atomic E-state index is 13.1. The van der Waals surface area contributed by atoms with Gasteiger partial charge in [-0.2, -0.15) is 10.2 Å². The summed E-state index contributed by atoms with van der Waals surface area (Å²) in [6.45, 7) is 10.9. The molecule has 176 valence electrons. The van der Waals surface area contributed by atoms with Gasteiger partial charge < -0.3 is 5.32 Å². The Bertz CT molecular complexity index is 1120. The Hall–Kier alpha value is -2.67. The average molecular weight is 469 g/mol. The number of aliphatic imine (C=N–C) groups is 1. The molecule has 1 saturated carbocycles. The van der Waals surface area contributed by atoms with Crippen molar-refractivity contribution in [3.8, 4) is 0 Å². The van der Waals surface area contributed by atoms with Crippen LogP contribution in [0.4, 0.5) is 0 Å². The summed E-state index contributed by atoms with van der Waals surface area (Å²) in [7, 11) is 1.92. The minimum Gasteiger partial charge on any atom is -0.310 e. The quantitative estimate of drug-likeness (QED) is 0.488. The highest BCUT2D eigenvalue weighted by atomic mass is 35.5. The molecule has 1 aliphatic heterocycles. The normalized spacial score (nSPS) is 23.1. The largest absolute Gasteiger partial charge is 0.310 e. The van der Waals surface area contributed by atoms with E-state index >= 15 is 0 Å². The summed E-state index contributed by atoms with van der Waals surface area (Å²) in [6, 6.07) is 2.05. The summed E-state index contributed by atoms with van der Waals surface area (Å²) in [5, 5.41) is 12.7. The van der Waals surface area contributed by atoms with Gasteiger partial charge in [0, 0.05) is 53.5 Å². The highest BCUT2D eigenvalue weighted by Crippen LogP contribution is 2.38. The number of nitrogens with zero attached hydrogens (tertiary/aromatic N) is 5. The predicted octanol–water partition coefficient (Wildman–Crippen LogP) is 4.80. The number of allylic oxidation sites excluding steroid dienone is 3. The Morgan fingerprint density at radius 1 is 1.39 bits per heavy atom.